The van der Waals surface area contributed by atoms with Crippen LogP contribution in [-0.4, -0.2) is 6.61 Å². The van der Waals surface area contributed by atoms with Gasteiger partial charge in [0, 0.05) is 22.5 Å². The van der Waals surface area contributed by atoms with Crippen LogP contribution in [-0.2, 0) is 0 Å². The Kier molecular flexibility index (Phi) is 4.67. The molecule has 0 aliphatic carbocycles. The van der Waals surface area contributed by atoms with Crippen LogP contribution >= 0.6 is 15.9 Å². The molecule has 0 amide bonds. The molecule has 1 rings (SSSR count). The number of ether oxygens (including phenoxy) is 1. The van der Waals surface area contributed by atoms with Gasteiger partial charge in [-0.25, -0.2) is 0 Å². The lowest BCUT2D eigenvalue weighted by atomic mass is 10.1. The highest BCUT2D eigenvalue weighted by Gasteiger charge is 2.08. The van der Waals surface area contributed by atoms with Crippen LogP contribution in [0.1, 0.15) is 24.9 Å². The van der Waals surface area contributed by atoms with Crippen molar-refractivity contribution in [3.05, 3.63) is 28.2 Å². The van der Waals surface area contributed by atoms with Crippen molar-refractivity contribution >= 4 is 15.9 Å². The lowest BCUT2D eigenvalue weighted by Crippen LogP contribution is -2.08. The molecule has 1 aromatic carbocycles. The first kappa shape index (κ1) is 12.1. The summed E-state index contributed by atoms with van der Waals surface area (Å²) in [7, 11) is 0. The molecule has 3 heteroatoms. The number of terminal acetylenes is 1. The van der Waals surface area contributed by atoms with Crippen molar-refractivity contribution < 1.29 is 4.74 Å². The molecule has 0 aliphatic rings. The third-order valence-electron chi connectivity index (χ3n) is 1.97. The minimum absolute atomic E-state index is 0.0427. The van der Waals surface area contributed by atoms with Crippen LogP contribution in [0.3, 0.4) is 0 Å². The fraction of sp³-hybridized carbons (Fsp3) is 0.333. The molecule has 0 fully saturated rings. The van der Waals surface area contributed by atoms with Crippen LogP contribution < -0.4 is 10.5 Å². The minimum atomic E-state index is -0.0427. The summed E-state index contributed by atoms with van der Waals surface area (Å²) in [5.74, 6) is 3.33. The Bertz CT molecular complexity index is 368. The van der Waals surface area contributed by atoms with Crippen molar-refractivity contribution in [3.63, 3.8) is 0 Å². The maximum absolute atomic E-state index is 5.83. The van der Waals surface area contributed by atoms with Crippen LogP contribution in [0.2, 0.25) is 0 Å². The Morgan fingerprint density at radius 1 is 1.60 bits per heavy atom. The summed E-state index contributed by atoms with van der Waals surface area (Å²) in [5, 5.41) is 0. The Balaban J connectivity index is 2.83. The van der Waals surface area contributed by atoms with Crippen molar-refractivity contribution in [3.8, 4) is 18.1 Å². The molecule has 2 nitrogen and oxygen atoms in total. The summed E-state index contributed by atoms with van der Waals surface area (Å²) < 4.78 is 6.54. The lowest BCUT2D eigenvalue weighted by Gasteiger charge is -2.13. The van der Waals surface area contributed by atoms with Crippen molar-refractivity contribution in [1.29, 1.82) is 0 Å². The number of hydrogen-bond acceptors (Lipinski definition) is 2. The standard InChI is InChI=1S/C12H14BrNO/c1-3-4-7-15-12-8-10(13)5-6-11(12)9(2)14/h1,5-6,8-9H,4,7,14H2,2H3/t9-/m0/s1. The zero-order chi connectivity index (χ0) is 11.3. The van der Waals surface area contributed by atoms with Gasteiger partial charge in [-0.1, -0.05) is 22.0 Å². The summed E-state index contributed by atoms with van der Waals surface area (Å²) in [6.07, 6.45) is 5.76. The lowest BCUT2D eigenvalue weighted by molar-refractivity contribution is 0.322. The summed E-state index contributed by atoms with van der Waals surface area (Å²) in [4.78, 5) is 0. The summed E-state index contributed by atoms with van der Waals surface area (Å²) in [5.41, 5.74) is 6.83. The van der Waals surface area contributed by atoms with E-state index in [1.165, 1.54) is 0 Å². The first-order valence-corrected chi connectivity index (χ1v) is 5.55. The van der Waals surface area contributed by atoms with E-state index in [1.54, 1.807) is 0 Å². The van der Waals surface area contributed by atoms with Crippen LogP contribution in [0.4, 0.5) is 0 Å². The molecule has 1 atom stereocenters. The second-order valence-electron chi connectivity index (χ2n) is 3.27. The molecule has 0 saturated carbocycles. The summed E-state index contributed by atoms with van der Waals surface area (Å²) >= 11 is 3.39. The number of nitrogens with two attached hydrogens (primary N) is 1. The fourth-order valence-corrected chi connectivity index (χ4v) is 1.57. The van der Waals surface area contributed by atoms with Gasteiger partial charge in [0.1, 0.15) is 5.75 Å². The summed E-state index contributed by atoms with van der Waals surface area (Å²) in [6.45, 7) is 2.45. The average Bonchev–Trinajstić information content (AvgIpc) is 2.18. The van der Waals surface area contributed by atoms with Crippen molar-refractivity contribution in [2.45, 2.75) is 19.4 Å². The predicted octanol–water partition coefficient (Wildman–Crippen LogP) is 2.87. The normalized spacial score (nSPS) is 11.9. The molecular formula is C12H14BrNO. The van der Waals surface area contributed by atoms with E-state index in [2.05, 4.69) is 21.9 Å². The maximum atomic E-state index is 5.83. The highest BCUT2D eigenvalue weighted by Crippen LogP contribution is 2.27. The second kappa shape index (κ2) is 5.79. The molecule has 1 aromatic rings. The van der Waals surface area contributed by atoms with E-state index < -0.39 is 0 Å². The highest BCUT2D eigenvalue weighted by atomic mass is 79.9. The number of halogens is 1. The van der Waals surface area contributed by atoms with Crippen LogP contribution in [0, 0.1) is 12.3 Å². The molecule has 80 valence electrons. The van der Waals surface area contributed by atoms with Crippen molar-refractivity contribution in [2.24, 2.45) is 5.73 Å². The van der Waals surface area contributed by atoms with Gasteiger partial charge in [0.2, 0.25) is 0 Å². The molecule has 0 radical (unpaired) electrons. The molecular weight excluding hydrogens is 254 g/mol. The average molecular weight is 268 g/mol. The van der Waals surface area contributed by atoms with E-state index in [1.807, 2.05) is 25.1 Å². The van der Waals surface area contributed by atoms with E-state index >= 15 is 0 Å². The van der Waals surface area contributed by atoms with Gasteiger partial charge in [0.25, 0.3) is 0 Å². The van der Waals surface area contributed by atoms with Gasteiger partial charge in [-0.3, -0.25) is 0 Å². The first-order chi connectivity index (χ1) is 7.15. The van der Waals surface area contributed by atoms with E-state index in [0.717, 1.165) is 15.8 Å². The molecule has 0 aliphatic heterocycles. The van der Waals surface area contributed by atoms with Gasteiger partial charge in [-0.15, -0.1) is 12.3 Å². The van der Waals surface area contributed by atoms with E-state index in [9.17, 15) is 0 Å². The Labute approximate surface area is 98.9 Å². The first-order valence-electron chi connectivity index (χ1n) is 4.76. The third kappa shape index (κ3) is 3.58. The SMILES string of the molecule is C#CCCOc1cc(Br)ccc1[C@H](C)N. The molecule has 15 heavy (non-hydrogen) atoms. The van der Waals surface area contributed by atoms with Crippen molar-refractivity contribution in [2.75, 3.05) is 6.61 Å². The fourth-order valence-electron chi connectivity index (χ4n) is 1.23. The topological polar surface area (TPSA) is 35.2 Å². The molecule has 0 aromatic heterocycles. The molecule has 0 heterocycles. The predicted molar refractivity (Wildman–Crippen MR) is 65.7 cm³/mol. The zero-order valence-electron chi connectivity index (χ0n) is 8.66. The number of benzene rings is 1. The smallest absolute Gasteiger partial charge is 0.125 e. The van der Waals surface area contributed by atoms with Gasteiger partial charge in [0.05, 0.1) is 6.61 Å². The van der Waals surface area contributed by atoms with Crippen LogP contribution in [0.5, 0.6) is 5.75 Å². The van der Waals surface area contributed by atoms with Crippen molar-refractivity contribution in [1.82, 2.24) is 0 Å². The number of hydrogen-bond donors (Lipinski definition) is 1. The third-order valence-corrected chi connectivity index (χ3v) is 2.46. The monoisotopic (exact) mass is 267 g/mol. The second-order valence-corrected chi connectivity index (χ2v) is 4.19. The molecule has 0 spiro atoms. The molecule has 0 saturated heterocycles. The molecule has 0 bridgehead atoms. The van der Waals surface area contributed by atoms with Gasteiger partial charge in [-0.2, -0.15) is 0 Å². The van der Waals surface area contributed by atoms with Gasteiger partial charge >= 0.3 is 0 Å². The minimum Gasteiger partial charge on any atom is -0.492 e. The maximum Gasteiger partial charge on any atom is 0.125 e. The van der Waals surface area contributed by atoms with E-state index in [4.69, 9.17) is 16.9 Å². The van der Waals surface area contributed by atoms with Gasteiger partial charge in [-0.05, 0) is 19.1 Å². The number of rotatable bonds is 4. The van der Waals surface area contributed by atoms with Gasteiger partial charge in [0.15, 0.2) is 0 Å². The quantitative estimate of drug-likeness (QED) is 0.673. The zero-order valence-corrected chi connectivity index (χ0v) is 10.3. The molecule has 2 N–H and O–H groups in total. The summed E-state index contributed by atoms with van der Waals surface area (Å²) in [6, 6.07) is 5.78. The molecule has 0 unspecified atom stereocenters. The highest BCUT2D eigenvalue weighted by molar-refractivity contribution is 9.10. The van der Waals surface area contributed by atoms with E-state index in [0.29, 0.717) is 13.0 Å². The largest absolute Gasteiger partial charge is 0.492 e. The Morgan fingerprint density at radius 3 is 2.93 bits per heavy atom. The Morgan fingerprint density at radius 2 is 2.33 bits per heavy atom. The van der Waals surface area contributed by atoms with Crippen LogP contribution in [0.25, 0.3) is 0 Å². The van der Waals surface area contributed by atoms with Crippen LogP contribution in [0.15, 0.2) is 22.7 Å². The Hall–Kier alpha value is -0.980. The van der Waals surface area contributed by atoms with E-state index in [-0.39, 0.29) is 6.04 Å². The van der Waals surface area contributed by atoms with Gasteiger partial charge < -0.3 is 10.5 Å².